The molecule has 0 aromatic carbocycles. The Hall–Kier alpha value is -0.410. The van der Waals surface area contributed by atoms with Crippen molar-refractivity contribution < 1.29 is 5.11 Å². The van der Waals surface area contributed by atoms with Gasteiger partial charge in [-0.25, -0.2) is 0 Å². The van der Waals surface area contributed by atoms with Crippen LogP contribution < -0.4 is 0 Å². The van der Waals surface area contributed by atoms with Crippen molar-refractivity contribution in [3.63, 3.8) is 0 Å². The van der Waals surface area contributed by atoms with Crippen LogP contribution in [0.2, 0.25) is 0 Å². The minimum Gasteiger partial charge on any atom is -0.392 e. The van der Waals surface area contributed by atoms with Gasteiger partial charge in [0.1, 0.15) is 0 Å². The first-order valence-electron chi connectivity index (χ1n) is 5.41. The smallest absolute Gasteiger partial charge is 0.0794 e. The van der Waals surface area contributed by atoms with Crippen molar-refractivity contribution in [1.29, 1.82) is 0 Å². The Morgan fingerprint density at radius 1 is 1.50 bits per heavy atom. The zero-order valence-corrected chi connectivity index (χ0v) is 8.91. The Balaban J connectivity index is 1.59. The number of fused-ring (bicyclic) bond motifs is 1. The second-order valence-corrected chi connectivity index (χ2v) is 5.55. The fraction of sp³-hybridized carbons (Fsp3) is 0.727. The summed E-state index contributed by atoms with van der Waals surface area (Å²) in [6.07, 6.45) is 6.70. The summed E-state index contributed by atoms with van der Waals surface area (Å²) in [4.78, 5) is 5.26. The van der Waals surface area contributed by atoms with Crippen molar-refractivity contribution in [1.82, 2.24) is 4.98 Å². The average Bonchev–Trinajstić information content (AvgIpc) is 2.63. The van der Waals surface area contributed by atoms with Crippen LogP contribution in [0.1, 0.15) is 24.1 Å². The fourth-order valence-corrected chi connectivity index (χ4v) is 3.78. The molecule has 1 N–H and O–H groups in total. The van der Waals surface area contributed by atoms with Crippen LogP contribution in [0, 0.1) is 17.8 Å². The minimum atomic E-state index is -0.106. The van der Waals surface area contributed by atoms with Crippen LogP contribution in [-0.2, 0) is 6.42 Å². The lowest BCUT2D eigenvalue weighted by Gasteiger charge is -2.10. The van der Waals surface area contributed by atoms with E-state index in [1.165, 1.54) is 24.1 Å². The Labute approximate surface area is 88.0 Å². The van der Waals surface area contributed by atoms with Crippen molar-refractivity contribution in [3.8, 4) is 0 Å². The second kappa shape index (κ2) is 3.31. The highest BCUT2D eigenvalue weighted by molar-refractivity contribution is 7.09. The van der Waals surface area contributed by atoms with Crippen LogP contribution in [-0.4, -0.2) is 16.2 Å². The highest BCUT2D eigenvalue weighted by atomic mass is 32.1. The van der Waals surface area contributed by atoms with E-state index < -0.39 is 0 Å². The average molecular weight is 209 g/mol. The van der Waals surface area contributed by atoms with Gasteiger partial charge >= 0.3 is 0 Å². The molecule has 0 saturated heterocycles. The van der Waals surface area contributed by atoms with Crippen molar-refractivity contribution in [2.24, 2.45) is 17.8 Å². The van der Waals surface area contributed by atoms with Crippen molar-refractivity contribution >= 4 is 11.3 Å². The molecule has 2 fully saturated rings. The molecule has 0 spiro atoms. The molecule has 3 rings (SSSR count). The summed E-state index contributed by atoms with van der Waals surface area (Å²) in [7, 11) is 0. The highest BCUT2D eigenvalue weighted by Gasteiger charge is 2.55. The van der Waals surface area contributed by atoms with E-state index in [9.17, 15) is 5.11 Å². The van der Waals surface area contributed by atoms with E-state index >= 15 is 0 Å². The zero-order chi connectivity index (χ0) is 9.54. The number of rotatable bonds is 3. The zero-order valence-electron chi connectivity index (χ0n) is 8.10. The number of nitrogens with zero attached hydrogens (tertiary/aromatic N) is 1. The van der Waals surface area contributed by atoms with Gasteiger partial charge in [0, 0.05) is 17.5 Å². The summed E-state index contributed by atoms with van der Waals surface area (Å²) in [6, 6.07) is 0. The quantitative estimate of drug-likeness (QED) is 0.827. The molecule has 0 bridgehead atoms. The molecule has 1 aromatic heterocycles. The molecule has 0 aliphatic heterocycles. The van der Waals surface area contributed by atoms with E-state index in [2.05, 4.69) is 4.98 Å². The second-order valence-electron chi connectivity index (χ2n) is 4.58. The molecule has 3 heteroatoms. The van der Waals surface area contributed by atoms with E-state index in [0.29, 0.717) is 5.92 Å². The van der Waals surface area contributed by atoms with Gasteiger partial charge in [0.15, 0.2) is 0 Å². The molecule has 2 aliphatic carbocycles. The van der Waals surface area contributed by atoms with E-state index in [4.69, 9.17) is 0 Å². The molecule has 0 amide bonds. The third-order valence-electron chi connectivity index (χ3n) is 3.81. The SMILES string of the molecule is OC(Cc1cncs1)C1C2CCCC21. The van der Waals surface area contributed by atoms with Crippen LogP contribution in [0.15, 0.2) is 11.7 Å². The largest absolute Gasteiger partial charge is 0.392 e. The Kier molecular flexibility index (Phi) is 2.10. The summed E-state index contributed by atoms with van der Waals surface area (Å²) in [5, 5.41) is 10.0. The van der Waals surface area contributed by atoms with E-state index in [1.807, 2.05) is 11.7 Å². The van der Waals surface area contributed by atoms with Crippen LogP contribution in [0.4, 0.5) is 0 Å². The third-order valence-corrected chi connectivity index (χ3v) is 4.61. The molecule has 3 unspecified atom stereocenters. The first-order valence-corrected chi connectivity index (χ1v) is 6.29. The molecule has 3 atom stereocenters. The molecule has 0 radical (unpaired) electrons. The number of thiazole rings is 1. The van der Waals surface area contributed by atoms with E-state index in [-0.39, 0.29) is 6.10 Å². The van der Waals surface area contributed by atoms with Crippen LogP contribution in [0.5, 0.6) is 0 Å². The lowest BCUT2D eigenvalue weighted by molar-refractivity contribution is 0.136. The maximum absolute atomic E-state index is 10.0. The topological polar surface area (TPSA) is 33.1 Å². The first-order chi connectivity index (χ1) is 6.86. The first kappa shape index (κ1) is 8.86. The Morgan fingerprint density at radius 3 is 2.93 bits per heavy atom. The molecule has 2 nitrogen and oxygen atoms in total. The molecule has 2 saturated carbocycles. The summed E-state index contributed by atoms with van der Waals surface area (Å²) < 4.78 is 0. The minimum absolute atomic E-state index is 0.106. The summed E-state index contributed by atoms with van der Waals surface area (Å²) in [5.41, 5.74) is 1.84. The predicted molar refractivity (Wildman–Crippen MR) is 56.1 cm³/mol. The summed E-state index contributed by atoms with van der Waals surface area (Å²) in [6.45, 7) is 0. The van der Waals surface area contributed by atoms with Gasteiger partial charge in [-0.2, -0.15) is 0 Å². The van der Waals surface area contributed by atoms with Crippen LogP contribution in [0.3, 0.4) is 0 Å². The molecule has 2 aliphatic rings. The Bertz CT molecular complexity index is 301. The van der Waals surface area contributed by atoms with Crippen molar-refractivity contribution in [3.05, 3.63) is 16.6 Å². The maximum atomic E-state index is 10.0. The summed E-state index contributed by atoms with van der Waals surface area (Å²) >= 11 is 1.65. The molecule has 1 aromatic rings. The van der Waals surface area contributed by atoms with Gasteiger partial charge < -0.3 is 5.11 Å². The highest BCUT2D eigenvalue weighted by Crippen LogP contribution is 2.59. The molecule has 1 heterocycles. The monoisotopic (exact) mass is 209 g/mol. The van der Waals surface area contributed by atoms with Gasteiger partial charge in [-0.05, 0) is 30.6 Å². The van der Waals surface area contributed by atoms with Gasteiger partial charge in [0.2, 0.25) is 0 Å². The number of aromatic nitrogens is 1. The number of aliphatic hydroxyl groups excluding tert-OH is 1. The number of hydrogen-bond donors (Lipinski definition) is 1. The predicted octanol–water partition coefficient (Wildman–Crippen LogP) is 2.09. The normalized spacial score (nSPS) is 36.8. The van der Waals surface area contributed by atoms with E-state index in [0.717, 1.165) is 18.3 Å². The number of aliphatic hydroxyl groups is 1. The number of hydrogen-bond acceptors (Lipinski definition) is 3. The standard InChI is InChI=1S/C11H15NOS/c13-10(4-7-5-12-6-14-7)11-8-2-1-3-9(8)11/h5-6,8-11,13H,1-4H2. The molecule has 76 valence electrons. The molecular formula is C11H15NOS. The van der Waals surface area contributed by atoms with Crippen LogP contribution >= 0.6 is 11.3 Å². The third kappa shape index (κ3) is 1.39. The summed E-state index contributed by atoms with van der Waals surface area (Å²) in [5.74, 6) is 2.33. The fourth-order valence-electron chi connectivity index (χ4n) is 3.13. The van der Waals surface area contributed by atoms with Gasteiger partial charge in [-0.3, -0.25) is 4.98 Å². The van der Waals surface area contributed by atoms with E-state index in [1.54, 1.807) is 11.3 Å². The van der Waals surface area contributed by atoms with Gasteiger partial charge in [0.25, 0.3) is 0 Å². The lowest BCUT2D eigenvalue weighted by atomic mass is 10.0. The van der Waals surface area contributed by atoms with Crippen molar-refractivity contribution in [2.75, 3.05) is 0 Å². The Morgan fingerprint density at radius 2 is 2.29 bits per heavy atom. The van der Waals surface area contributed by atoms with Crippen LogP contribution in [0.25, 0.3) is 0 Å². The van der Waals surface area contributed by atoms with Crippen molar-refractivity contribution in [2.45, 2.75) is 31.8 Å². The van der Waals surface area contributed by atoms with Gasteiger partial charge in [-0.15, -0.1) is 11.3 Å². The maximum Gasteiger partial charge on any atom is 0.0794 e. The molecule has 14 heavy (non-hydrogen) atoms. The van der Waals surface area contributed by atoms with Gasteiger partial charge in [0.05, 0.1) is 11.6 Å². The lowest BCUT2D eigenvalue weighted by Crippen LogP contribution is -2.15. The van der Waals surface area contributed by atoms with Gasteiger partial charge in [-0.1, -0.05) is 6.42 Å². The molecular weight excluding hydrogens is 194 g/mol.